The van der Waals surface area contributed by atoms with Gasteiger partial charge in [-0.3, -0.25) is 4.98 Å². The van der Waals surface area contributed by atoms with E-state index in [1.165, 1.54) is 21.8 Å². The first-order chi connectivity index (χ1) is 19.9. The Bertz CT molecular complexity index is 2280. The number of nitrogens with zero attached hydrogens (tertiary/aromatic N) is 4. The van der Waals surface area contributed by atoms with Crippen LogP contribution in [0.4, 0.5) is 0 Å². The van der Waals surface area contributed by atoms with E-state index in [1.54, 1.807) is 6.20 Å². The first-order valence-electron chi connectivity index (χ1n) is 13.3. The topological polar surface area (TPSA) is 34.6 Å². The summed E-state index contributed by atoms with van der Waals surface area (Å²) in [6.07, 6.45) is 1.79. The zero-order chi connectivity index (χ0) is 26.5. The molecule has 9 rings (SSSR count). The van der Waals surface area contributed by atoms with Crippen LogP contribution in [0.25, 0.3) is 66.2 Å². The molecule has 0 fully saturated rings. The van der Waals surface area contributed by atoms with Gasteiger partial charge in [0.1, 0.15) is 0 Å². The average molecular weight is 703 g/mol. The summed E-state index contributed by atoms with van der Waals surface area (Å²) in [7, 11) is 0. The zero-order valence-electron chi connectivity index (χ0n) is 21.8. The van der Waals surface area contributed by atoms with Gasteiger partial charge in [0.2, 0.25) is 0 Å². The molecular weight excluding hydrogens is 681 g/mol. The Morgan fingerprint density at radius 3 is 2.02 bits per heavy atom. The quantitative estimate of drug-likeness (QED) is 0.161. The number of aromatic nitrogens is 4. The van der Waals surface area contributed by atoms with E-state index in [-0.39, 0.29) is 20.1 Å². The van der Waals surface area contributed by atoms with Gasteiger partial charge in [-0.15, -0.1) is 54.1 Å². The van der Waals surface area contributed by atoms with Gasteiger partial charge in [-0.05, 0) is 53.0 Å². The fourth-order valence-electron chi connectivity index (χ4n) is 5.73. The molecule has 0 saturated heterocycles. The molecule has 0 unspecified atom stereocenters. The van der Waals surface area contributed by atoms with Gasteiger partial charge in [0.25, 0.3) is 0 Å². The summed E-state index contributed by atoms with van der Waals surface area (Å²) in [4.78, 5) is 9.24. The van der Waals surface area contributed by atoms with Crippen molar-refractivity contribution in [3.05, 3.63) is 146 Å². The number of hydrogen-bond acceptors (Lipinski definition) is 2. The van der Waals surface area contributed by atoms with Gasteiger partial charge in [-0.1, -0.05) is 65.4 Å². The van der Waals surface area contributed by atoms with Gasteiger partial charge in [0, 0.05) is 31.8 Å². The van der Waals surface area contributed by atoms with Crippen molar-refractivity contribution in [1.82, 2.24) is 18.8 Å². The molecule has 0 aliphatic carbocycles. The molecule has 0 spiro atoms. The minimum atomic E-state index is 0. The van der Waals surface area contributed by atoms with Crippen LogP contribution in [0, 0.1) is 12.1 Å². The van der Waals surface area contributed by atoms with Crippen LogP contribution in [-0.4, -0.2) is 18.8 Å². The average Bonchev–Trinajstić information content (AvgIpc) is 3.55. The number of benzene rings is 5. The van der Waals surface area contributed by atoms with Gasteiger partial charge in [0.05, 0.1) is 27.7 Å². The van der Waals surface area contributed by atoms with Crippen molar-refractivity contribution in [3.63, 3.8) is 0 Å². The van der Waals surface area contributed by atoms with Gasteiger partial charge >= 0.3 is 0 Å². The van der Waals surface area contributed by atoms with Crippen LogP contribution in [0.15, 0.2) is 134 Å². The summed E-state index contributed by atoms with van der Waals surface area (Å²) in [5.74, 6) is 0. The zero-order valence-corrected chi connectivity index (χ0v) is 24.2. The summed E-state index contributed by atoms with van der Waals surface area (Å²) in [6.45, 7) is 0. The molecule has 0 atom stereocenters. The van der Waals surface area contributed by atoms with Crippen molar-refractivity contribution >= 4 is 54.9 Å². The molecule has 4 heterocycles. The molecule has 1 radical (unpaired) electrons. The smallest absolute Gasteiger partial charge is 0.0774 e. The summed E-state index contributed by atoms with van der Waals surface area (Å²) in [5.41, 5.74) is 9.76. The molecule has 4 aromatic heterocycles. The standard InChI is InChI=1S/C25H14N3.C11H8N.Ir/c1-3-12-20-16(8-1)17-9-7-10-18-24(17)27(20)22-14-5-6-15-23(22)28-21-13-4-2-11-19(21)26-25(18)28;1-2-6-10(7-3-1)11-8-4-5-9-12-11;/h1-9,11-15H;1-6,8-9H;/q2*-1;. The maximum absolute atomic E-state index is 5.02. The van der Waals surface area contributed by atoms with E-state index in [0.717, 1.165) is 44.4 Å². The number of hydrogen-bond donors (Lipinski definition) is 0. The maximum atomic E-state index is 5.02. The number of pyridine rings is 1. The molecule has 9 aromatic rings. The maximum Gasteiger partial charge on any atom is 0.0774 e. The van der Waals surface area contributed by atoms with Gasteiger partial charge < -0.3 is 13.8 Å². The summed E-state index contributed by atoms with van der Waals surface area (Å²) in [5, 5.41) is 3.54. The number of imidazole rings is 1. The first kappa shape index (κ1) is 25.2. The Labute approximate surface area is 249 Å². The second kappa shape index (κ2) is 10.3. The number of para-hydroxylation sites is 5. The monoisotopic (exact) mass is 703 g/mol. The van der Waals surface area contributed by atoms with Crippen LogP contribution in [0.3, 0.4) is 0 Å². The second-order valence-electron chi connectivity index (χ2n) is 9.71. The van der Waals surface area contributed by atoms with E-state index in [1.807, 2.05) is 54.6 Å². The van der Waals surface area contributed by atoms with Crippen LogP contribution in [-0.2, 0) is 20.1 Å². The molecular formula is C36H22IrN4-2. The normalized spacial score (nSPS) is 11.2. The second-order valence-corrected chi connectivity index (χ2v) is 9.71. The van der Waals surface area contributed by atoms with E-state index < -0.39 is 0 Å². The third-order valence-electron chi connectivity index (χ3n) is 7.43. The van der Waals surface area contributed by atoms with Crippen molar-refractivity contribution in [2.75, 3.05) is 0 Å². The van der Waals surface area contributed by atoms with Crippen LogP contribution >= 0.6 is 0 Å². The van der Waals surface area contributed by atoms with Gasteiger partial charge in [0.15, 0.2) is 0 Å². The largest absolute Gasteiger partial charge is 0.349 e. The van der Waals surface area contributed by atoms with Crippen molar-refractivity contribution < 1.29 is 20.1 Å². The van der Waals surface area contributed by atoms with Crippen molar-refractivity contribution in [2.24, 2.45) is 0 Å². The Hall–Kier alpha value is -4.83. The summed E-state index contributed by atoms with van der Waals surface area (Å²) < 4.78 is 4.65. The van der Waals surface area contributed by atoms with E-state index >= 15 is 0 Å². The molecule has 197 valence electrons. The minimum Gasteiger partial charge on any atom is -0.349 e. The summed E-state index contributed by atoms with van der Waals surface area (Å²) in [6, 6.07) is 50.0. The Morgan fingerprint density at radius 1 is 0.537 bits per heavy atom. The molecule has 41 heavy (non-hydrogen) atoms. The van der Waals surface area contributed by atoms with E-state index in [9.17, 15) is 0 Å². The van der Waals surface area contributed by atoms with E-state index in [4.69, 9.17) is 4.98 Å². The van der Waals surface area contributed by atoms with Gasteiger partial charge in [-0.25, -0.2) is 0 Å². The minimum absolute atomic E-state index is 0. The van der Waals surface area contributed by atoms with Crippen LogP contribution in [0.5, 0.6) is 0 Å². The molecule has 0 bridgehead atoms. The third-order valence-corrected chi connectivity index (χ3v) is 7.43. The molecule has 4 nitrogen and oxygen atoms in total. The van der Waals surface area contributed by atoms with E-state index in [2.05, 4.69) is 98.7 Å². The molecule has 0 saturated carbocycles. The molecule has 0 aliphatic heterocycles. The summed E-state index contributed by atoms with van der Waals surface area (Å²) >= 11 is 0. The molecule has 0 aliphatic rings. The SMILES string of the molecule is [Ir].[c-]1ccc2c3ccccc3n3c4ccccc4n4c5ccccc5nc4c1c23.[c-]1ccccc1-c1ccccn1. The Balaban J connectivity index is 0.000000180. The van der Waals surface area contributed by atoms with E-state index in [0.29, 0.717) is 0 Å². The number of rotatable bonds is 1. The van der Waals surface area contributed by atoms with Crippen molar-refractivity contribution in [2.45, 2.75) is 0 Å². The molecule has 5 heteroatoms. The van der Waals surface area contributed by atoms with Crippen LogP contribution in [0.2, 0.25) is 0 Å². The predicted molar refractivity (Wildman–Crippen MR) is 164 cm³/mol. The molecule has 0 N–H and O–H groups in total. The van der Waals surface area contributed by atoms with Crippen LogP contribution < -0.4 is 0 Å². The van der Waals surface area contributed by atoms with Crippen molar-refractivity contribution in [1.29, 1.82) is 0 Å². The Morgan fingerprint density at radius 2 is 1.24 bits per heavy atom. The van der Waals surface area contributed by atoms with Gasteiger partial charge in [-0.2, -0.15) is 0 Å². The molecule has 0 amide bonds. The fourth-order valence-corrected chi connectivity index (χ4v) is 5.73. The van der Waals surface area contributed by atoms with Crippen LogP contribution in [0.1, 0.15) is 0 Å². The third kappa shape index (κ3) is 4.02. The first-order valence-corrected chi connectivity index (χ1v) is 13.3. The van der Waals surface area contributed by atoms with Crippen molar-refractivity contribution in [3.8, 4) is 11.3 Å². The number of fused-ring (bicyclic) bond motifs is 10. The molecule has 5 aromatic carbocycles. The Kier molecular flexibility index (Phi) is 6.31. The predicted octanol–water partition coefficient (Wildman–Crippen LogP) is 8.55. The fraction of sp³-hybridized carbons (Fsp3) is 0.